The zero-order chi connectivity index (χ0) is 13.8. The summed E-state index contributed by atoms with van der Waals surface area (Å²) < 4.78 is 2.01. The van der Waals surface area contributed by atoms with Crippen LogP contribution in [0.4, 0.5) is 0 Å². The van der Waals surface area contributed by atoms with Crippen molar-refractivity contribution in [1.82, 2.24) is 9.55 Å². The third-order valence-electron chi connectivity index (χ3n) is 3.19. The van der Waals surface area contributed by atoms with E-state index in [1.807, 2.05) is 36.0 Å². The van der Waals surface area contributed by atoms with Crippen LogP contribution in [0.25, 0.3) is 0 Å². The lowest BCUT2D eigenvalue weighted by Crippen LogP contribution is -2.24. The van der Waals surface area contributed by atoms with Crippen LogP contribution >= 0.6 is 23.2 Å². The van der Waals surface area contributed by atoms with Gasteiger partial charge in [0.25, 0.3) is 0 Å². The molecule has 0 saturated carbocycles. The first-order chi connectivity index (χ1) is 9.08. The minimum atomic E-state index is 0.0223. The summed E-state index contributed by atoms with van der Waals surface area (Å²) in [6.07, 6.45) is 6.12. The summed E-state index contributed by atoms with van der Waals surface area (Å²) in [6, 6.07) is 5.55. The number of nitrogens with zero attached hydrogens (tertiary/aromatic N) is 2. The maximum absolute atomic E-state index is 6.16. The molecule has 1 unspecified atom stereocenters. The molecular formula is C14H17Cl2N3. The SMILES string of the molecule is Cn1ccnc1CCC(N)Cc1c(Cl)cccc1Cl. The molecular weight excluding hydrogens is 281 g/mol. The van der Waals surface area contributed by atoms with Crippen LogP contribution in [0.2, 0.25) is 10.0 Å². The van der Waals surface area contributed by atoms with Gasteiger partial charge in [-0.3, -0.25) is 0 Å². The molecule has 0 radical (unpaired) electrons. The van der Waals surface area contributed by atoms with E-state index in [1.165, 1.54) is 0 Å². The summed E-state index contributed by atoms with van der Waals surface area (Å²) in [6.45, 7) is 0. The largest absolute Gasteiger partial charge is 0.338 e. The molecule has 1 aromatic carbocycles. The van der Waals surface area contributed by atoms with Gasteiger partial charge in [0.1, 0.15) is 5.82 Å². The van der Waals surface area contributed by atoms with Gasteiger partial charge in [-0.15, -0.1) is 0 Å². The number of rotatable bonds is 5. The number of hydrogen-bond acceptors (Lipinski definition) is 2. The van der Waals surface area contributed by atoms with E-state index < -0.39 is 0 Å². The van der Waals surface area contributed by atoms with Gasteiger partial charge in [0.15, 0.2) is 0 Å². The number of benzene rings is 1. The number of imidazole rings is 1. The predicted octanol–water partition coefficient (Wildman–Crippen LogP) is 3.23. The fraction of sp³-hybridized carbons (Fsp3) is 0.357. The highest BCUT2D eigenvalue weighted by Gasteiger charge is 2.11. The Bertz CT molecular complexity index is 531. The molecule has 19 heavy (non-hydrogen) atoms. The highest BCUT2D eigenvalue weighted by atomic mass is 35.5. The van der Waals surface area contributed by atoms with Crippen molar-refractivity contribution >= 4 is 23.2 Å². The van der Waals surface area contributed by atoms with E-state index in [9.17, 15) is 0 Å². The van der Waals surface area contributed by atoms with Crippen LogP contribution in [0.15, 0.2) is 30.6 Å². The molecule has 0 aliphatic carbocycles. The molecule has 0 fully saturated rings. The molecule has 3 nitrogen and oxygen atoms in total. The predicted molar refractivity (Wildman–Crippen MR) is 79.7 cm³/mol. The molecule has 0 aliphatic heterocycles. The maximum atomic E-state index is 6.16. The Morgan fingerprint density at radius 3 is 2.58 bits per heavy atom. The first kappa shape index (κ1) is 14.4. The Labute approximate surface area is 123 Å². The molecule has 2 aromatic rings. The van der Waals surface area contributed by atoms with Crippen LogP contribution in [0.1, 0.15) is 17.8 Å². The van der Waals surface area contributed by atoms with Crippen LogP contribution in [-0.2, 0) is 19.9 Å². The van der Waals surface area contributed by atoms with Crippen molar-refractivity contribution in [2.24, 2.45) is 12.8 Å². The minimum absolute atomic E-state index is 0.0223. The topological polar surface area (TPSA) is 43.8 Å². The lowest BCUT2D eigenvalue weighted by Gasteiger charge is -2.13. The van der Waals surface area contributed by atoms with Gasteiger partial charge >= 0.3 is 0 Å². The number of aromatic nitrogens is 2. The summed E-state index contributed by atoms with van der Waals surface area (Å²) >= 11 is 12.3. The van der Waals surface area contributed by atoms with Crippen LogP contribution in [0.5, 0.6) is 0 Å². The maximum Gasteiger partial charge on any atom is 0.108 e. The van der Waals surface area contributed by atoms with E-state index in [0.717, 1.165) is 24.2 Å². The van der Waals surface area contributed by atoms with Gasteiger partial charge in [0, 0.05) is 41.9 Å². The van der Waals surface area contributed by atoms with E-state index in [2.05, 4.69) is 4.98 Å². The van der Waals surface area contributed by atoms with E-state index in [0.29, 0.717) is 16.5 Å². The van der Waals surface area contributed by atoms with Gasteiger partial charge in [0.2, 0.25) is 0 Å². The number of nitrogens with two attached hydrogens (primary N) is 1. The van der Waals surface area contributed by atoms with E-state index in [4.69, 9.17) is 28.9 Å². The van der Waals surface area contributed by atoms with Gasteiger partial charge in [-0.1, -0.05) is 29.3 Å². The lowest BCUT2D eigenvalue weighted by atomic mass is 10.0. The van der Waals surface area contributed by atoms with E-state index >= 15 is 0 Å². The molecule has 1 atom stereocenters. The zero-order valence-electron chi connectivity index (χ0n) is 10.8. The van der Waals surface area contributed by atoms with Crippen LogP contribution in [0.3, 0.4) is 0 Å². The summed E-state index contributed by atoms with van der Waals surface area (Å²) in [5.74, 6) is 1.04. The second kappa shape index (κ2) is 6.42. The lowest BCUT2D eigenvalue weighted by molar-refractivity contribution is 0.589. The molecule has 0 bridgehead atoms. The summed E-state index contributed by atoms with van der Waals surface area (Å²) in [7, 11) is 1.98. The summed E-state index contributed by atoms with van der Waals surface area (Å²) in [4.78, 5) is 4.29. The Kier molecular flexibility index (Phi) is 4.86. The number of aryl methyl sites for hydroxylation is 2. The minimum Gasteiger partial charge on any atom is -0.338 e. The van der Waals surface area contributed by atoms with E-state index in [-0.39, 0.29) is 6.04 Å². The highest BCUT2D eigenvalue weighted by Crippen LogP contribution is 2.25. The second-order valence-corrected chi connectivity index (χ2v) is 5.47. The third kappa shape index (κ3) is 3.72. The molecule has 5 heteroatoms. The number of halogens is 2. The highest BCUT2D eigenvalue weighted by molar-refractivity contribution is 6.35. The fourth-order valence-corrected chi connectivity index (χ4v) is 2.60. The Morgan fingerprint density at radius 2 is 2.00 bits per heavy atom. The quantitative estimate of drug-likeness (QED) is 0.921. The van der Waals surface area contributed by atoms with Crippen molar-refractivity contribution in [3.63, 3.8) is 0 Å². The average molecular weight is 298 g/mol. The van der Waals surface area contributed by atoms with Crippen molar-refractivity contribution in [2.45, 2.75) is 25.3 Å². The smallest absolute Gasteiger partial charge is 0.108 e. The normalized spacial score (nSPS) is 12.6. The van der Waals surface area contributed by atoms with E-state index in [1.54, 1.807) is 6.20 Å². The summed E-state index contributed by atoms with van der Waals surface area (Å²) in [5.41, 5.74) is 7.08. The van der Waals surface area contributed by atoms with Crippen LogP contribution in [0, 0.1) is 0 Å². The monoisotopic (exact) mass is 297 g/mol. The Morgan fingerprint density at radius 1 is 1.32 bits per heavy atom. The zero-order valence-corrected chi connectivity index (χ0v) is 12.3. The van der Waals surface area contributed by atoms with Gasteiger partial charge in [-0.25, -0.2) is 4.98 Å². The molecule has 0 amide bonds. The van der Waals surface area contributed by atoms with Crippen LogP contribution < -0.4 is 5.73 Å². The molecule has 1 heterocycles. The first-order valence-corrected chi connectivity index (χ1v) is 6.98. The van der Waals surface area contributed by atoms with Crippen molar-refractivity contribution < 1.29 is 0 Å². The number of hydrogen-bond donors (Lipinski definition) is 1. The second-order valence-electron chi connectivity index (χ2n) is 4.66. The molecule has 0 spiro atoms. The molecule has 1 aromatic heterocycles. The molecule has 102 valence electrons. The van der Waals surface area contributed by atoms with Gasteiger partial charge in [-0.05, 0) is 30.5 Å². The molecule has 0 aliphatic rings. The molecule has 2 rings (SSSR count). The summed E-state index contributed by atoms with van der Waals surface area (Å²) in [5, 5.41) is 1.36. The Hall–Kier alpha value is -1.03. The third-order valence-corrected chi connectivity index (χ3v) is 3.90. The van der Waals surface area contributed by atoms with Crippen molar-refractivity contribution in [3.05, 3.63) is 52.0 Å². The van der Waals surface area contributed by atoms with Gasteiger partial charge in [0.05, 0.1) is 0 Å². The fourth-order valence-electron chi connectivity index (χ4n) is 2.04. The van der Waals surface area contributed by atoms with Crippen molar-refractivity contribution in [2.75, 3.05) is 0 Å². The Balaban J connectivity index is 1.94. The average Bonchev–Trinajstić information content (AvgIpc) is 2.77. The first-order valence-electron chi connectivity index (χ1n) is 6.22. The standard InChI is InChI=1S/C14H17Cl2N3/c1-19-8-7-18-14(19)6-5-10(17)9-11-12(15)3-2-4-13(11)16/h2-4,7-8,10H,5-6,9,17H2,1H3. The van der Waals surface area contributed by atoms with Crippen molar-refractivity contribution in [1.29, 1.82) is 0 Å². The van der Waals surface area contributed by atoms with Gasteiger partial charge < -0.3 is 10.3 Å². The molecule has 0 saturated heterocycles. The molecule has 2 N–H and O–H groups in total. The van der Waals surface area contributed by atoms with Gasteiger partial charge in [-0.2, -0.15) is 0 Å². The van der Waals surface area contributed by atoms with Crippen molar-refractivity contribution in [3.8, 4) is 0 Å². The van der Waals surface area contributed by atoms with Crippen LogP contribution in [-0.4, -0.2) is 15.6 Å².